The Kier molecular flexibility index (Phi) is 4.84. The van der Waals surface area contributed by atoms with Crippen molar-refractivity contribution < 1.29 is 18.3 Å². The van der Waals surface area contributed by atoms with Crippen LogP contribution in [0.5, 0.6) is 5.88 Å². The molecular weight excluding hydrogens is 360 g/mol. The van der Waals surface area contributed by atoms with Gasteiger partial charge in [-0.3, -0.25) is 5.10 Å². The van der Waals surface area contributed by atoms with Crippen molar-refractivity contribution in [1.29, 1.82) is 0 Å². The van der Waals surface area contributed by atoms with Crippen LogP contribution >= 0.6 is 0 Å². The summed E-state index contributed by atoms with van der Waals surface area (Å²) in [6, 6.07) is 1.32. The molecule has 0 saturated carbocycles. The Morgan fingerprint density at radius 1 is 1.41 bits per heavy atom. The van der Waals surface area contributed by atoms with E-state index in [9.17, 15) is 8.78 Å². The first-order valence-electron chi connectivity index (χ1n) is 8.63. The fraction of sp³-hybridized carbons (Fsp3) is 0.500. The van der Waals surface area contributed by atoms with Crippen molar-refractivity contribution in [3.05, 3.63) is 18.0 Å². The molecule has 9 nitrogen and oxygen atoms in total. The topological polar surface area (TPSA) is 103 Å². The normalized spacial score (nSPS) is 15.6. The number of nitrogens with one attached hydrogen (secondary N) is 2. The van der Waals surface area contributed by atoms with Gasteiger partial charge in [0.05, 0.1) is 11.9 Å². The molecule has 0 aromatic carbocycles. The van der Waals surface area contributed by atoms with Gasteiger partial charge in [0.25, 0.3) is 0 Å². The molecule has 0 radical (unpaired) electrons. The van der Waals surface area contributed by atoms with E-state index in [1.165, 1.54) is 6.07 Å². The number of halogens is 2. The van der Waals surface area contributed by atoms with Gasteiger partial charge in [0.15, 0.2) is 11.5 Å². The van der Waals surface area contributed by atoms with Crippen molar-refractivity contribution in [2.45, 2.75) is 32.9 Å². The highest BCUT2D eigenvalue weighted by atomic mass is 19.3. The molecule has 3 aromatic heterocycles. The Hall–Kier alpha value is -2.82. The zero-order valence-corrected chi connectivity index (χ0v) is 14.7. The molecule has 27 heavy (non-hydrogen) atoms. The summed E-state index contributed by atoms with van der Waals surface area (Å²) >= 11 is 0. The first-order valence-corrected chi connectivity index (χ1v) is 8.63. The molecule has 1 fully saturated rings. The molecule has 3 aromatic rings. The van der Waals surface area contributed by atoms with E-state index < -0.39 is 6.61 Å². The second-order valence-electron chi connectivity index (χ2n) is 6.37. The Bertz CT molecular complexity index is 921. The number of ether oxygens (including phenoxy) is 2. The number of fused-ring (bicyclic) bond motifs is 1. The zero-order valence-electron chi connectivity index (χ0n) is 14.7. The minimum atomic E-state index is -2.93. The third kappa shape index (κ3) is 3.97. The number of H-pyrrole nitrogens is 1. The number of rotatable bonds is 6. The molecule has 11 heteroatoms. The molecule has 1 aliphatic rings. The Balaban J connectivity index is 1.55. The molecule has 4 rings (SSSR count). The van der Waals surface area contributed by atoms with E-state index in [4.69, 9.17) is 4.74 Å². The standard InChI is InChI=1S/C16H19F2N7O2/c1-9-14-15(25(24-9)8-10-2-4-26-5-3-10)21-12(7-19-14)20-11-6-13(23-22-11)27-16(17)18/h6-7,10,16H,2-5,8H2,1H3,(H2,20,21,22,23). The molecule has 1 aliphatic heterocycles. The summed E-state index contributed by atoms with van der Waals surface area (Å²) in [6.45, 7) is 1.25. The summed E-state index contributed by atoms with van der Waals surface area (Å²) in [5.41, 5.74) is 2.22. The molecule has 2 N–H and O–H groups in total. The predicted molar refractivity (Wildman–Crippen MR) is 92.1 cm³/mol. The first-order chi connectivity index (χ1) is 13.1. The van der Waals surface area contributed by atoms with Crippen LogP contribution in [0.2, 0.25) is 0 Å². The van der Waals surface area contributed by atoms with Crippen molar-refractivity contribution in [3.8, 4) is 5.88 Å². The van der Waals surface area contributed by atoms with Gasteiger partial charge in [0.2, 0.25) is 5.88 Å². The molecule has 0 bridgehead atoms. The van der Waals surface area contributed by atoms with Gasteiger partial charge in [-0.1, -0.05) is 0 Å². The fourth-order valence-corrected chi connectivity index (χ4v) is 3.11. The van der Waals surface area contributed by atoms with Gasteiger partial charge in [-0.25, -0.2) is 14.6 Å². The number of alkyl halides is 2. The maximum absolute atomic E-state index is 12.2. The second kappa shape index (κ2) is 7.43. The highest BCUT2D eigenvalue weighted by Crippen LogP contribution is 2.23. The van der Waals surface area contributed by atoms with Crippen LogP contribution in [0, 0.1) is 12.8 Å². The number of aromatic nitrogens is 6. The lowest BCUT2D eigenvalue weighted by Crippen LogP contribution is -2.21. The van der Waals surface area contributed by atoms with Crippen LogP contribution in [0.1, 0.15) is 18.5 Å². The Morgan fingerprint density at radius 2 is 2.22 bits per heavy atom. The smallest absolute Gasteiger partial charge is 0.388 e. The SMILES string of the molecule is Cc1nn(CC2CCOCC2)c2nc(Nc3cc(OC(F)F)n[nH]3)cnc12. The number of hydrogen-bond donors (Lipinski definition) is 2. The van der Waals surface area contributed by atoms with Crippen LogP contribution < -0.4 is 10.1 Å². The summed E-state index contributed by atoms with van der Waals surface area (Å²) in [6.07, 6.45) is 3.55. The first kappa shape index (κ1) is 17.6. The van der Waals surface area contributed by atoms with Crippen LogP contribution in [-0.4, -0.2) is 49.8 Å². The van der Waals surface area contributed by atoms with E-state index in [1.54, 1.807) is 6.20 Å². The molecule has 0 spiro atoms. The molecule has 1 saturated heterocycles. The molecule has 144 valence electrons. The van der Waals surface area contributed by atoms with Crippen LogP contribution in [0.15, 0.2) is 12.3 Å². The van der Waals surface area contributed by atoms with Crippen molar-refractivity contribution in [3.63, 3.8) is 0 Å². The minimum Gasteiger partial charge on any atom is -0.415 e. The largest absolute Gasteiger partial charge is 0.415 e. The van der Waals surface area contributed by atoms with Gasteiger partial charge in [-0.2, -0.15) is 13.9 Å². The van der Waals surface area contributed by atoms with E-state index >= 15 is 0 Å². The van der Waals surface area contributed by atoms with Crippen molar-refractivity contribution >= 4 is 22.8 Å². The van der Waals surface area contributed by atoms with Crippen LogP contribution in [0.4, 0.5) is 20.4 Å². The number of hydrogen-bond acceptors (Lipinski definition) is 7. The van der Waals surface area contributed by atoms with E-state index in [2.05, 4.69) is 35.3 Å². The molecule has 0 atom stereocenters. The third-order valence-corrected chi connectivity index (χ3v) is 4.41. The van der Waals surface area contributed by atoms with Crippen molar-refractivity contribution in [2.75, 3.05) is 18.5 Å². The highest BCUT2D eigenvalue weighted by molar-refractivity contribution is 5.75. The predicted octanol–water partition coefficient (Wildman–Crippen LogP) is 2.63. The molecule has 4 heterocycles. The number of aryl methyl sites for hydroxylation is 1. The zero-order chi connectivity index (χ0) is 18.8. The summed E-state index contributed by atoms with van der Waals surface area (Å²) in [4.78, 5) is 9.01. The third-order valence-electron chi connectivity index (χ3n) is 4.41. The molecule has 0 unspecified atom stereocenters. The lowest BCUT2D eigenvalue weighted by Gasteiger charge is -2.21. The quantitative estimate of drug-likeness (QED) is 0.679. The Morgan fingerprint density at radius 3 is 3.00 bits per heavy atom. The molecule has 0 amide bonds. The lowest BCUT2D eigenvalue weighted by atomic mass is 10.0. The van der Waals surface area contributed by atoms with Gasteiger partial charge in [0, 0.05) is 25.8 Å². The van der Waals surface area contributed by atoms with Gasteiger partial charge in [-0.15, -0.1) is 5.10 Å². The van der Waals surface area contributed by atoms with E-state index in [-0.39, 0.29) is 5.88 Å². The fourth-order valence-electron chi connectivity index (χ4n) is 3.11. The average Bonchev–Trinajstić information content (AvgIpc) is 3.20. The minimum absolute atomic E-state index is 0.207. The van der Waals surface area contributed by atoms with Gasteiger partial charge >= 0.3 is 6.61 Å². The maximum Gasteiger partial charge on any atom is 0.388 e. The van der Waals surface area contributed by atoms with Crippen LogP contribution in [0.3, 0.4) is 0 Å². The van der Waals surface area contributed by atoms with Gasteiger partial charge in [0.1, 0.15) is 11.3 Å². The van der Waals surface area contributed by atoms with E-state index in [1.807, 2.05) is 11.6 Å². The Labute approximate surface area is 153 Å². The van der Waals surface area contributed by atoms with Crippen molar-refractivity contribution in [1.82, 2.24) is 29.9 Å². The monoisotopic (exact) mass is 379 g/mol. The number of anilines is 2. The van der Waals surface area contributed by atoms with E-state index in [0.717, 1.165) is 43.8 Å². The summed E-state index contributed by atoms with van der Waals surface area (Å²) in [5, 5.41) is 13.7. The van der Waals surface area contributed by atoms with Gasteiger partial charge < -0.3 is 14.8 Å². The molecular formula is C16H19F2N7O2. The maximum atomic E-state index is 12.2. The molecule has 0 aliphatic carbocycles. The number of nitrogens with zero attached hydrogens (tertiary/aromatic N) is 5. The van der Waals surface area contributed by atoms with Crippen LogP contribution in [-0.2, 0) is 11.3 Å². The van der Waals surface area contributed by atoms with Crippen molar-refractivity contribution in [2.24, 2.45) is 5.92 Å². The average molecular weight is 379 g/mol. The lowest BCUT2D eigenvalue weighted by molar-refractivity contribution is -0.0528. The highest BCUT2D eigenvalue weighted by Gasteiger charge is 2.18. The number of aromatic amines is 1. The summed E-state index contributed by atoms with van der Waals surface area (Å²) in [7, 11) is 0. The second-order valence-corrected chi connectivity index (χ2v) is 6.37. The van der Waals surface area contributed by atoms with Crippen LogP contribution in [0.25, 0.3) is 11.2 Å². The van der Waals surface area contributed by atoms with E-state index in [0.29, 0.717) is 23.2 Å². The summed E-state index contributed by atoms with van der Waals surface area (Å²) in [5.74, 6) is 1.10. The van der Waals surface area contributed by atoms with Gasteiger partial charge in [-0.05, 0) is 25.7 Å². The summed E-state index contributed by atoms with van der Waals surface area (Å²) < 4.78 is 36.0.